The number of aromatic carboxylic acids is 1. The number of carboxylic acid groups (broad SMARTS) is 1. The minimum atomic E-state index is -0.999. The first kappa shape index (κ1) is 14.0. The average molecular weight is 342 g/mol. The molecule has 0 saturated carbocycles. The number of carbonyl (C=O) groups is 1. The highest BCUT2D eigenvalue weighted by atomic mass is 79.9. The molecule has 2 N–H and O–H groups in total. The van der Waals surface area contributed by atoms with Crippen LogP contribution in [-0.2, 0) is 6.42 Å². The van der Waals surface area contributed by atoms with Crippen LogP contribution in [-0.4, -0.2) is 27.6 Å². The summed E-state index contributed by atoms with van der Waals surface area (Å²) in [6, 6.07) is 1.53. The Bertz CT molecular complexity index is 600. The molecule has 100 valence electrons. The zero-order chi connectivity index (χ0) is 13.8. The fourth-order valence-corrected chi connectivity index (χ4v) is 2.55. The maximum atomic E-state index is 11.1. The Kier molecular flexibility index (Phi) is 4.49. The fourth-order valence-electron chi connectivity index (χ4n) is 1.58. The van der Waals surface area contributed by atoms with Crippen molar-refractivity contribution in [1.82, 2.24) is 9.97 Å². The number of anilines is 1. The molecule has 0 fully saturated rings. The van der Waals surface area contributed by atoms with Crippen LogP contribution in [0.25, 0.3) is 0 Å². The van der Waals surface area contributed by atoms with Gasteiger partial charge in [0.25, 0.3) is 0 Å². The molecule has 0 aliphatic heterocycles. The third-order valence-corrected chi connectivity index (χ3v) is 3.68. The average Bonchev–Trinajstić information content (AvgIpc) is 2.77. The van der Waals surface area contributed by atoms with E-state index in [0.29, 0.717) is 16.8 Å². The highest BCUT2D eigenvalue weighted by Gasteiger charge is 2.11. The number of pyridine rings is 1. The molecule has 5 nitrogen and oxygen atoms in total. The second-order valence-electron chi connectivity index (χ2n) is 3.89. The third-order valence-electron chi connectivity index (χ3n) is 2.42. The number of nitrogens with zero attached hydrogens (tertiary/aromatic N) is 2. The van der Waals surface area contributed by atoms with Crippen LogP contribution in [0.5, 0.6) is 0 Å². The zero-order valence-corrected chi connectivity index (χ0v) is 12.6. The van der Waals surface area contributed by atoms with Crippen molar-refractivity contribution in [2.45, 2.75) is 13.3 Å². The first-order chi connectivity index (χ1) is 9.06. The van der Waals surface area contributed by atoms with E-state index in [-0.39, 0.29) is 5.56 Å². The Hall–Kier alpha value is -1.47. The molecule has 2 rings (SSSR count). The van der Waals surface area contributed by atoms with E-state index in [1.165, 1.54) is 6.07 Å². The molecule has 0 spiro atoms. The second-order valence-corrected chi connectivity index (χ2v) is 5.87. The van der Waals surface area contributed by atoms with E-state index in [1.807, 2.05) is 12.3 Å². The van der Waals surface area contributed by atoms with Crippen LogP contribution < -0.4 is 5.32 Å². The molecule has 7 heteroatoms. The van der Waals surface area contributed by atoms with E-state index in [9.17, 15) is 4.79 Å². The van der Waals surface area contributed by atoms with E-state index < -0.39 is 5.97 Å². The number of nitrogens with one attached hydrogen (secondary N) is 1. The lowest BCUT2D eigenvalue weighted by atomic mass is 10.2. The lowest BCUT2D eigenvalue weighted by Gasteiger charge is -2.07. The molecule has 0 radical (unpaired) electrons. The minimum absolute atomic E-state index is 0.156. The molecule has 0 aliphatic rings. The Morgan fingerprint density at radius 2 is 2.37 bits per heavy atom. The number of halogens is 1. The summed E-state index contributed by atoms with van der Waals surface area (Å²) in [4.78, 5) is 19.5. The predicted octanol–water partition coefficient (Wildman–Crippen LogP) is 2.96. The van der Waals surface area contributed by atoms with Crippen LogP contribution in [0.4, 0.5) is 5.82 Å². The molecule has 2 aromatic heterocycles. The van der Waals surface area contributed by atoms with Crippen LogP contribution in [0.15, 0.2) is 22.1 Å². The van der Waals surface area contributed by atoms with Gasteiger partial charge < -0.3 is 10.4 Å². The molecule has 19 heavy (non-hydrogen) atoms. The summed E-state index contributed by atoms with van der Waals surface area (Å²) < 4.78 is 0.644. The number of hydrogen-bond donors (Lipinski definition) is 2. The van der Waals surface area contributed by atoms with Crippen molar-refractivity contribution in [2.24, 2.45) is 0 Å². The number of aromatic nitrogens is 2. The summed E-state index contributed by atoms with van der Waals surface area (Å²) in [7, 11) is 0. The van der Waals surface area contributed by atoms with Gasteiger partial charge in [0.1, 0.15) is 11.4 Å². The Balaban J connectivity index is 2.01. The van der Waals surface area contributed by atoms with Crippen LogP contribution in [0.1, 0.15) is 21.1 Å². The summed E-state index contributed by atoms with van der Waals surface area (Å²) in [6.07, 6.45) is 2.31. The summed E-state index contributed by atoms with van der Waals surface area (Å²) in [5.41, 5.74) is 1.16. The van der Waals surface area contributed by atoms with Crippen LogP contribution >= 0.6 is 27.3 Å². The topological polar surface area (TPSA) is 75.1 Å². The van der Waals surface area contributed by atoms with Gasteiger partial charge >= 0.3 is 5.97 Å². The van der Waals surface area contributed by atoms with Crippen LogP contribution in [0, 0.1) is 6.92 Å². The summed E-state index contributed by atoms with van der Waals surface area (Å²) in [5, 5.41) is 15.2. The van der Waals surface area contributed by atoms with E-state index in [4.69, 9.17) is 5.11 Å². The fraction of sp³-hybridized carbons (Fsp3) is 0.250. The van der Waals surface area contributed by atoms with Gasteiger partial charge in [0.15, 0.2) is 0 Å². The van der Waals surface area contributed by atoms with Crippen molar-refractivity contribution in [1.29, 1.82) is 0 Å². The molecule has 0 aliphatic carbocycles. The minimum Gasteiger partial charge on any atom is -0.478 e. The van der Waals surface area contributed by atoms with Gasteiger partial charge in [0.2, 0.25) is 0 Å². The summed E-state index contributed by atoms with van der Waals surface area (Å²) in [6.45, 7) is 2.55. The van der Waals surface area contributed by atoms with Crippen molar-refractivity contribution in [3.05, 3.63) is 38.4 Å². The molecule has 0 saturated heterocycles. The monoisotopic (exact) mass is 341 g/mol. The predicted molar refractivity (Wildman–Crippen MR) is 77.9 cm³/mol. The highest BCUT2D eigenvalue weighted by Crippen LogP contribution is 2.18. The van der Waals surface area contributed by atoms with Gasteiger partial charge in [-0.1, -0.05) is 0 Å². The largest absolute Gasteiger partial charge is 0.478 e. The number of thiazole rings is 1. The van der Waals surface area contributed by atoms with E-state index in [0.717, 1.165) is 17.1 Å². The van der Waals surface area contributed by atoms with Gasteiger partial charge in [-0.15, -0.1) is 11.3 Å². The lowest BCUT2D eigenvalue weighted by molar-refractivity contribution is 0.0697. The van der Waals surface area contributed by atoms with Crippen molar-refractivity contribution in [2.75, 3.05) is 11.9 Å². The molecule has 0 unspecified atom stereocenters. The highest BCUT2D eigenvalue weighted by molar-refractivity contribution is 9.10. The molecular weight excluding hydrogens is 330 g/mol. The number of rotatable bonds is 5. The third kappa shape index (κ3) is 3.74. The number of carboxylic acids is 1. The summed E-state index contributed by atoms with van der Waals surface area (Å²) >= 11 is 4.82. The van der Waals surface area contributed by atoms with Crippen molar-refractivity contribution in [3.63, 3.8) is 0 Å². The molecule has 0 bridgehead atoms. The first-order valence-electron chi connectivity index (χ1n) is 5.60. The van der Waals surface area contributed by atoms with Gasteiger partial charge in [0, 0.05) is 29.0 Å². The molecular formula is C12H12BrN3O2S. The van der Waals surface area contributed by atoms with Gasteiger partial charge in [-0.05, 0) is 28.9 Å². The quantitative estimate of drug-likeness (QED) is 0.874. The first-order valence-corrected chi connectivity index (χ1v) is 7.27. The number of hydrogen-bond acceptors (Lipinski definition) is 5. The molecule has 0 atom stereocenters. The van der Waals surface area contributed by atoms with E-state index in [2.05, 4.69) is 31.2 Å². The van der Waals surface area contributed by atoms with Gasteiger partial charge in [-0.3, -0.25) is 0 Å². The Morgan fingerprint density at radius 3 is 3.00 bits per heavy atom. The number of aryl methyl sites for hydroxylation is 1. The van der Waals surface area contributed by atoms with Crippen LogP contribution in [0.3, 0.4) is 0 Å². The second kappa shape index (κ2) is 6.12. The maximum Gasteiger partial charge on any atom is 0.339 e. The van der Waals surface area contributed by atoms with E-state index in [1.54, 1.807) is 17.5 Å². The Labute approximate surface area is 122 Å². The summed E-state index contributed by atoms with van der Waals surface area (Å²) in [5.74, 6) is -0.622. The molecule has 0 amide bonds. The van der Waals surface area contributed by atoms with Crippen molar-refractivity contribution < 1.29 is 9.90 Å². The van der Waals surface area contributed by atoms with Crippen LogP contribution in [0.2, 0.25) is 0 Å². The molecule has 2 aromatic rings. The standard InChI is InChI=1S/C12H12BrN3O2S/c1-7-16-9(6-19-7)2-3-14-11-10(12(17)18)4-8(13)5-15-11/h4-6H,2-3H2,1H3,(H,14,15)(H,17,18). The lowest BCUT2D eigenvalue weighted by Crippen LogP contribution is -2.11. The van der Waals surface area contributed by atoms with Crippen molar-refractivity contribution in [3.8, 4) is 0 Å². The van der Waals surface area contributed by atoms with Gasteiger partial charge in [0.05, 0.1) is 10.7 Å². The zero-order valence-electron chi connectivity index (χ0n) is 10.2. The van der Waals surface area contributed by atoms with Gasteiger partial charge in [-0.2, -0.15) is 0 Å². The Morgan fingerprint density at radius 1 is 1.58 bits per heavy atom. The molecule has 2 heterocycles. The SMILES string of the molecule is Cc1nc(CCNc2ncc(Br)cc2C(=O)O)cs1. The molecule has 0 aromatic carbocycles. The normalized spacial score (nSPS) is 10.4. The van der Waals surface area contributed by atoms with Crippen molar-refractivity contribution >= 4 is 39.1 Å². The van der Waals surface area contributed by atoms with E-state index >= 15 is 0 Å². The maximum absolute atomic E-state index is 11.1. The smallest absolute Gasteiger partial charge is 0.339 e. The van der Waals surface area contributed by atoms with Gasteiger partial charge in [-0.25, -0.2) is 14.8 Å².